The lowest BCUT2D eigenvalue weighted by molar-refractivity contribution is -0.141. The van der Waals surface area contributed by atoms with E-state index < -0.39 is 47.4 Å². The third-order valence-electron chi connectivity index (χ3n) is 8.47. The van der Waals surface area contributed by atoms with E-state index in [9.17, 15) is 32.7 Å². The highest BCUT2D eigenvalue weighted by atomic mass is 19.4. The molecule has 1 unspecified atom stereocenters. The number of carbonyl (C=O) groups excluding carboxylic acids is 3. The number of amides is 3. The minimum absolute atomic E-state index is 0.0450. The number of fused-ring (bicyclic) bond motifs is 2. The number of hydrogen-bond acceptors (Lipinski definition) is 7. The fraction of sp³-hybridized carbons (Fsp3) is 0.484. The summed E-state index contributed by atoms with van der Waals surface area (Å²) in [5, 5.41) is 9.58. The molecule has 3 aliphatic heterocycles. The second-order valence-corrected chi connectivity index (χ2v) is 11.7. The van der Waals surface area contributed by atoms with Crippen LogP contribution in [0.15, 0.2) is 42.5 Å². The first-order valence-corrected chi connectivity index (χ1v) is 14.6. The highest BCUT2D eigenvalue weighted by Gasteiger charge is 2.49. The largest absolute Gasteiger partial charge is 0.416 e. The summed E-state index contributed by atoms with van der Waals surface area (Å²) in [6.07, 6.45) is -5.52. The molecule has 0 bridgehead atoms. The van der Waals surface area contributed by atoms with Crippen LogP contribution in [0.5, 0.6) is 0 Å². The molecule has 4 heterocycles. The number of anilines is 3. The Bertz CT molecular complexity index is 1510. The van der Waals surface area contributed by atoms with Crippen molar-refractivity contribution in [1.29, 1.82) is 0 Å². The zero-order chi connectivity index (χ0) is 32.8. The van der Waals surface area contributed by atoms with Crippen molar-refractivity contribution in [3.05, 3.63) is 59.6 Å². The van der Waals surface area contributed by atoms with E-state index in [4.69, 9.17) is 4.74 Å². The standard InChI is InChI=1S/C31H35F4N5O5/c1-17-11-21(31(33,34)35)13-25(36-17)40-26(42)12-20-14-38(28-23(32)7-5-8-24(28)37(4)30(44)27(20)40)9-6-10-45-22-15-39(16-22)29(43)18(2)19(3)41/h5,7-8,11,13,19-20,22,27,41H,2,6,9-10,12,14-16H2,1,3-4H3/t19?,20-,27+/m1/s1. The van der Waals surface area contributed by atoms with E-state index in [1.54, 1.807) is 11.0 Å². The third-order valence-corrected chi connectivity index (χ3v) is 8.47. The van der Waals surface area contributed by atoms with Crippen LogP contribution in [0.3, 0.4) is 0 Å². The molecule has 1 N–H and O–H groups in total. The average molecular weight is 634 g/mol. The maximum Gasteiger partial charge on any atom is 0.416 e. The lowest BCUT2D eigenvalue weighted by Gasteiger charge is -2.40. The quantitative estimate of drug-likeness (QED) is 0.270. The van der Waals surface area contributed by atoms with Gasteiger partial charge in [0.25, 0.3) is 5.91 Å². The minimum atomic E-state index is -4.68. The summed E-state index contributed by atoms with van der Waals surface area (Å²) >= 11 is 0. The van der Waals surface area contributed by atoms with Gasteiger partial charge in [0.05, 0.1) is 29.1 Å². The normalized spacial score (nSPS) is 21.2. The van der Waals surface area contributed by atoms with Crippen LogP contribution in [-0.2, 0) is 25.3 Å². The van der Waals surface area contributed by atoms with E-state index in [0.717, 1.165) is 17.0 Å². The maximum atomic E-state index is 15.4. The molecule has 1 aromatic heterocycles. The number of likely N-dealkylation sites (tertiary alicyclic amines) is 1. The molecule has 10 nitrogen and oxygen atoms in total. The van der Waals surface area contributed by atoms with Crippen molar-refractivity contribution in [1.82, 2.24) is 9.88 Å². The summed E-state index contributed by atoms with van der Waals surface area (Å²) in [7, 11) is 1.45. The predicted molar refractivity (Wildman–Crippen MR) is 157 cm³/mol. The van der Waals surface area contributed by atoms with E-state index in [0.29, 0.717) is 26.1 Å². The Balaban J connectivity index is 1.34. The number of nitrogens with zero attached hydrogens (tertiary/aromatic N) is 5. The van der Waals surface area contributed by atoms with Crippen LogP contribution in [0, 0.1) is 18.7 Å². The van der Waals surface area contributed by atoms with E-state index in [-0.39, 0.29) is 60.0 Å². The van der Waals surface area contributed by atoms with E-state index in [1.807, 2.05) is 0 Å². The zero-order valence-electron chi connectivity index (χ0n) is 25.2. The van der Waals surface area contributed by atoms with Crippen molar-refractivity contribution in [2.75, 3.05) is 54.5 Å². The lowest BCUT2D eigenvalue weighted by Crippen LogP contribution is -2.55. The second kappa shape index (κ2) is 12.4. The Morgan fingerprint density at radius 3 is 2.58 bits per heavy atom. The van der Waals surface area contributed by atoms with Gasteiger partial charge in [-0.2, -0.15) is 13.2 Å². The average Bonchev–Trinajstić information content (AvgIpc) is 3.27. The van der Waals surface area contributed by atoms with Gasteiger partial charge in [-0.1, -0.05) is 12.6 Å². The van der Waals surface area contributed by atoms with Crippen molar-refractivity contribution in [2.24, 2.45) is 5.92 Å². The van der Waals surface area contributed by atoms with Gasteiger partial charge in [0.1, 0.15) is 17.7 Å². The predicted octanol–water partition coefficient (Wildman–Crippen LogP) is 3.31. The number of hydrogen-bond donors (Lipinski definition) is 1. The number of ether oxygens (including phenoxy) is 1. The lowest BCUT2D eigenvalue weighted by atomic mass is 9.95. The highest BCUT2D eigenvalue weighted by molar-refractivity contribution is 6.10. The molecular formula is C31H35F4N5O5. The first-order chi connectivity index (χ1) is 21.2. The molecular weight excluding hydrogens is 598 g/mol. The number of halogens is 4. The maximum absolute atomic E-state index is 15.4. The zero-order valence-corrected chi connectivity index (χ0v) is 25.2. The number of aliphatic hydroxyl groups is 1. The number of pyridine rings is 1. The van der Waals surface area contributed by atoms with Gasteiger partial charge in [0.15, 0.2) is 0 Å². The second-order valence-electron chi connectivity index (χ2n) is 11.7. The molecule has 0 saturated carbocycles. The number of benzene rings is 1. The van der Waals surface area contributed by atoms with Crippen LogP contribution >= 0.6 is 0 Å². The van der Waals surface area contributed by atoms with Crippen LogP contribution in [0.1, 0.15) is 31.0 Å². The van der Waals surface area contributed by atoms with Crippen molar-refractivity contribution >= 4 is 34.9 Å². The Morgan fingerprint density at radius 2 is 1.91 bits per heavy atom. The molecule has 0 spiro atoms. The van der Waals surface area contributed by atoms with Gasteiger partial charge in [-0.05, 0) is 44.5 Å². The van der Waals surface area contributed by atoms with Gasteiger partial charge in [-0.25, -0.2) is 9.37 Å². The number of aliphatic hydroxyl groups excluding tert-OH is 1. The Hall–Kier alpha value is -4.04. The molecule has 3 amide bonds. The van der Waals surface area contributed by atoms with Crippen LogP contribution in [0.4, 0.5) is 34.8 Å². The molecule has 2 aromatic rings. The number of aromatic nitrogens is 1. The fourth-order valence-corrected chi connectivity index (χ4v) is 6.06. The molecule has 3 atom stereocenters. The summed E-state index contributed by atoms with van der Waals surface area (Å²) in [6.45, 7) is 7.83. The smallest absolute Gasteiger partial charge is 0.389 e. The molecule has 2 fully saturated rings. The first kappa shape index (κ1) is 32.4. The van der Waals surface area contributed by atoms with E-state index >= 15 is 4.39 Å². The molecule has 242 valence electrons. The summed E-state index contributed by atoms with van der Waals surface area (Å²) in [5.74, 6) is -2.91. The number of carbonyl (C=O) groups is 3. The summed E-state index contributed by atoms with van der Waals surface area (Å²) in [5.41, 5.74) is -0.380. The van der Waals surface area contributed by atoms with Crippen molar-refractivity contribution < 1.29 is 41.8 Å². The topological polar surface area (TPSA) is 107 Å². The van der Waals surface area contributed by atoms with Crippen molar-refractivity contribution in [2.45, 2.75) is 51.1 Å². The van der Waals surface area contributed by atoms with Gasteiger partial charge in [0.2, 0.25) is 11.8 Å². The molecule has 1 aromatic carbocycles. The number of likely N-dealkylation sites (N-methyl/N-ethyl adjacent to an activating group) is 1. The van der Waals surface area contributed by atoms with Gasteiger partial charge < -0.3 is 24.5 Å². The van der Waals surface area contributed by atoms with Gasteiger partial charge in [0, 0.05) is 63.4 Å². The fourth-order valence-electron chi connectivity index (χ4n) is 6.06. The molecule has 45 heavy (non-hydrogen) atoms. The van der Waals surface area contributed by atoms with E-state index in [1.165, 1.54) is 42.8 Å². The molecule has 14 heteroatoms. The molecule has 3 aliphatic rings. The minimum Gasteiger partial charge on any atom is -0.389 e. The van der Waals surface area contributed by atoms with Crippen LogP contribution in [0.2, 0.25) is 0 Å². The summed E-state index contributed by atoms with van der Waals surface area (Å²) in [4.78, 5) is 49.2. The van der Waals surface area contributed by atoms with Crippen LogP contribution in [-0.4, -0.2) is 90.8 Å². The number of aryl methyl sites for hydroxylation is 1. The van der Waals surface area contributed by atoms with Crippen LogP contribution in [0.25, 0.3) is 0 Å². The Labute approximate surface area is 257 Å². The summed E-state index contributed by atoms with van der Waals surface area (Å²) < 4.78 is 62.2. The van der Waals surface area contributed by atoms with E-state index in [2.05, 4.69) is 11.6 Å². The van der Waals surface area contributed by atoms with Crippen molar-refractivity contribution in [3.8, 4) is 0 Å². The van der Waals surface area contributed by atoms with Gasteiger partial charge in [-0.15, -0.1) is 0 Å². The molecule has 0 radical (unpaired) electrons. The number of para-hydroxylation sites is 1. The molecule has 0 aliphatic carbocycles. The Morgan fingerprint density at radius 1 is 1.20 bits per heavy atom. The van der Waals surface area contributed by atoms with Crippen molar-refractivity contribution in [3.63, 3.8) is 0 Å². The summed E-state index contributed by atoms with van der Waals surface area (Å²) in [6, 6.07) is 4.82. The number of rotatable bonds is 8. The number of alkyl halides is 3. The molecule has 2 saturated heterocycles. The van der Waals surface area contributed by atoms with Gasteiger partial charge >= 0.3 is 6.18 Å². The van der Waals surface area contributed by atoms with Gasteiger partial charge in [-0.3, -0.25) is 19.3 Å². The SMILES string of the molecule is C=C(C(=O)N1CC(OCCCN2C[C@H]3CC(=O)N(c4cc(C(F)(F)F)cc(C)n4)[C@@H]3C(=O)N(C)c3cccc(F)c32)C1)C(C)O. The Kier molecular flexibility index (Phi) is 8.91. The first-order valence-electron chi connectivity index (χ1n) is 14.6. The third kappa shape index (κ3) is 6.39. The highest BCUT2D eigenvalue weighted by Crippen LogP contribution is 2.41. The molecule has 5 rings (SSSR count). The monoisotopic (exact) mass is 633 g/mol. The van der Waals surface area contributed by atoms with Crippen LogP contribution < -0.4 is 14.7 Å².